The maximum absolute atomic E-state index is 11.5. The molecule has 0 aromatic carbocycles. The summed E-state index contributed by atoms with van der Waals surface area (Å²) in [5.41, 5.74) is 0. The van der Waals surface area contributed by atoms with Gasteiger partial charge in [-0.1, -0.05) is 12.0 Å². The topological polar surface area (TPSA) is 41.6 Å². The minimum Gasteiger partial charge on any atom is -0.379 e. The van der Waals surface area contributed by atoms with Crippen LogP contribution in [0.15, 0.2) is 12.2 Å². The average Bonchev–Trinajstić information content (AvgIpc) is 2.30. The Balaban J connectivity index is 2.19. The fourth-order valence-corrected chi connectivity index (χ4v) is 1.66. The number of amides is 1. The molecular formula is C13H20N2O2. The van der Waals surface area contributed by atoms with E-state index in [-0.39, 0.29) is 11.9 Å². The Bertz CT molecular complexity index is 301. The lowest BCUT2D eigenvalue weighted by molar-refractivity contribution is -0.118. The van der Waals surface area contributed by atoms with Gasteiger partial charge in [0.2, 0.25) is 5.91 Å². The molecule has 1 saturated heterocycles. The summed E-state index contributed by atoms with van der Waals surface area (Å²) in [7, 11) is 1.91. The van der Waals surface area contributed by atoms with Crippen LogP contribution < -0.4 is 5.32 Å². The van der Waals surface area contributed by atoms with E-state index in [0.29, 0.717) is 19.7 Å². The number of hydrogen-bond acceptors (Lipinski definition) is 3. The zero-order chi connectivity index (χ0) is 12.5. The van der Waals surface area contributed by atoms with Crippen molar-refractivity contribution in [2.45, 2.75) is 18.9 Å². The third kappa shape index (κ3) is 6.10. The molecule has 0 aromatic heterocycles. The van der Waals surface area contributed by atoms with Crippen LogP contribution in [0.5, 0.6) is 0 Å². The summed E-state index contributed by atoms with van der Waals surface area (Å²) in [6.07, 6.45) is 10.6. The third-order valence-corrected chi connectivity index (χ3v) is 2.55. The van der Waals surface area contributed by atoms with E-state index in [1.54, 1.807) is 6.08 Å². The summed E-state index contributed by atoms with van der Waals surface area (Å²) in [5.74, 6) is 2.49. The average molecular weight is 236 g/mol. The second-order valence-electron chi connectivity index (χ2n) is 4.23. The molecule has 94 valence electrons. The van der Waals surface area contributed by atoms with Crippen LogP contribution in [0.4, 0.5) is 0 Å². The van der Waals surface area contributed by atoms with E-state index in [2.05, 4.69) is 11.2 Å². The van der Waals surface area contributed by atoms with E-state index in [4.69, 9.17) is 11.2 Å². The largest absolute Gasteiger partial charge is 0.379 e. The van der Waals surface area contributed by atoms with E-state index >= 15 is 0 Å². The smallest absolute Gasteiger partial charge is 0.244 e. The first-order chi connectivity index (χ1) is 8.22. The molecule has 0 aromatic rings. The van der Waals surface area contributed by atoms with Crippen molar-refractivity contribution in [1.29, 1.82) is 0 Å². The standard InChI is InChI=1S/C13H20N2O2/c1-3-8-15(2)9-4-7-13(16)14-12-6-5-10-17-11-12/h1,4,7,12H,5-6,8-11H2,2H3,(H,14,16)/b7-4+. The van der Waals surface area contributed by atoms with Crippen molar-refractivity contribution in [1.82, 2.24) is 10.2 Å². The Morgan fingerprint density at radius 2 is 2.53 bits per heavy atom. The Hall–Kier alpha value is -1.31. The molecule has 1 rings (SSSR count). The second kappa shape index (κ2) is 7.88. The molecule has 1 amide bonds. The second-order valence-corrected chi connectivity index (χ2v) is 4.23. The van der Waals surface area contributed by atoms with Crippen molar-refractivity contribution >= 4 is 5.91 Å². The molecular weight excluding hydrogens is 216 g/mol. The lowest BCUT2D eigenvalue weighted by Gasteiger charge is -2.22. The Morgan fingerprint density at radius 3 is 3.18 bits per heavy atom. The molecule has 4 nitrogen and oxygen atoms in total. The third-order valence-electron chi connectivity index (χ3n) is 2.55. The maximum Gasteiger partial charge on any atom is 0.244 e. The van der Waals surface area contributed by atoms with Crippen LogP contribution in [0.2, 0.25) is 0 Å². The highest BCUT2D eigenvalue weighted by atomic mass is 16.5. The normalized spacial score (nSPS) is 20.4. The van der Waals surface area contributed by atoms with Gasteiger partial charge >= 0.3 is 0 Å². The van der Waals surface area contributed by atoms with Gasteiger partial charge in [0.1, 0.15) is 0 Å². The van der Waals surface area contributed by atoms with Crippen LogP contribution in [0.1, 0.15) is 12.8 Å². The lowest BCUT2D eigenvalue weighted by Crippen LogP contribution is -2.39. The monoisotopic (exact) mass is 236 g/mol. The molecule has 1 N–H and O–H groups in total. The molecule has 1 fully saturated rings. The highest BCUT2D eigenvalue weighted by Gasteiger charge is 2.14. The first kappa shape index (κ1) is 13.8. The van der Waals surface area contributed by atoms with Gasteiger partial charge in [-0.25, -0.2) is 0 Å². The molecule has 1 atom stereocenters. The summed E-state index contributed by atoms with van der Waals surface area (Å²) < 4.78 is 5.29. The van der Waals surface area contributed by atoms with E-state index < -0.39 is 0 Å². The van der Waals surface area contributed by atoms with Gasteiger partial charge in [-0.2, -0.15) is 0 Å². The molecule has 1 heterocycles. The van der Waals surface area contributed by atoms with Gasteiger partial charge in [0.15, 0.2) is 0 Å². The first-order valence-corrected chi connectivity index (χ1v) is 5.89. The molecule has 17 heavy (non-hydrogen) atoms. The van der Waals surface area contributed by atoms with Crippen molar-refractivity contribution in [2.75, 3.05) is 33.4 Å². The lowest BCUT2D eigenvalue weighted by atomic mass is 10.1. The number of ether oxygens (including phenoxy) is 1. The number of carbonyl (C=O) groups is 1. The first-order valence-electron chi connectivity index (χ1n) is 5.89. The molecule has 0 spiro atoms. The van der Waals surface area contributed by atoms with E-state index in [1.165, 1.54) is 0 Å². The van der Waals surface area contributed by atoms with E-state index in [9.17, 15) is 4.79 Å². The maximum atomic E-state index is 11.5. The van der Waals surface area contributed by atoms with Crippen molar-refractivity contribution < 1.29 is 9.53 Å². The predicted molar refractivity (Wildman–Crippen MR) is 67.5 cm³/mol. The Labute approximate surface area is 103 Å². The summed E-state index contributed by atoms with van der Waals surface area (Å²) in [6, 6.07) is 0.157. The number of carbonyl (C=O) groups excluding carboxylic acids is 1. The number of nitrogens with zero attached hydrogens (tertiary/aromatic N) is 1. The van der Waals surface area contributed by atoms with Gasteiger partial charge in [0.05, 0.1) is 19.2 Å². The van der Waals surface area contributed by atoms with Crippen LogP contribution >= 0.6 is 0 Å². The van der Waals surface area contributed by atoms with Crippen LogP contribution in [0, 0.1) is 12.3 Å². The fourth-order valence-electron chi connectivity index (χ4n) is 1.66. The van der Waals surface area contributed by atoms with Crippen molar-refractivity contribution in [3.63, 3.8) is 0 Å². The molecule has 0 saturated carbocycles. The zero-order valence-electron chi connectivity index (χ0n) is 10.3. The fraction of sp³-hybridized carbons (Fsp3) is 0.615. The molecule has 1 aliphatic heterocycles. The van der Waals surface area contributed by atoms with Gasteiger partial charge in [0, 0.05) is 19.2 Å². The Morgan fingerprint density at radius 1 is 1.71 bits per heavy atom. The van der Waals surface area contributed by atoms with Crippen LogP contribution in [0.3, 0.4) is 0 Å². The van der Waals surface area contributed by atoms with Gasteiger partial charge in [0.25, 0.3) is 0 Å². The number of nitrogens with one attached hydrogen (secondary N) is 1. The van der Waals surface area contributed by atoms with Crippen LogP contribution in [-0.4, -0.2) is 50.2 Å². The summed E-state index contributed by atoms with van der Waals surface area (Å²) in [5, 5.41) is 2.92. The van der Waals surface area contributed by atoms with Crippen molar-refractivity contribution in [3.05, 3.63) is 12.2 Å². The molecule has 4 heteroatoms. The van der Waals surface area contributed by atoms with Crippen LogP contribution in [0.25, 0.3) is 0 Å². The van der Waals surface area contributed by atoms with Gasteiger partial charge in [-0.05, 0) is 19.9 Å². The Kier molecular flexibility index (Phi) is 6.38. The number of terminal acetylenes is 1. The number of likely N-dealkylation sites (N-methyl/N-ethyl adjacent to an activating group) is 1. The van der Waals surface area contributed by atoms with Crippen molar-refractivity contribution in [3.8, 4) is 12.3 Å². The summed E-state index contributed by atoms with van der Waals surface area (Å²) >= 11 is 0. The quantitative estimate of drug-likeness (QED) is 0.555. The molecule has 0 bridgehead atoms. The zero-order valence-corrected chi connectivity index (χ0v) is 10.3. The molecule has 1 unspecified atom stereocenters. The minimum absolute atomic E-state index is 0.0605. The van der Waals surface area contributed by atoms with E-state index in [1.807, 2.05) is 18.0 Å². The highest BCUT2D eigenvalue weighted by Crippen LogP contribution is 2.05. The highest BCUT2D eigenvalue weighted by molar-refractivity contribution is 5.87. The van der Waals surface area contributed by atoms with E-state index in [0.717, 1.165) is 19.4 Å². The van der Waals surface area contributed by atoms with Gasteiger partial charge in [-0.15, -0.1) is 6.42 Å². The van der Waals surface area contributed by atoms with Gasteiger partial charge in [-0.3, -0.25) is 9.69 Å². The van der Waals surface area contributed by atoms with Crippen LogP contribution in [-0.2, 0) is 9.53 Å². The number of hydrogen-bond donors (Lipinski definition) is 1. The summed E-state index contributed by atoms with van der Waals surface area (Å²) in [4.78, 5) is 13.5. The summed E-state index contributed by atoms with van der Waals surface area (Å²) in [6.45, 7) is 2.69. The minimum atomic E-state index is -0.0605. The molecule has 1 aliphatic rings. The SMILES string of the molecule is C#CCN(C)C/C=C/C(=O)NC1CCCOC1. The van der Waals surface area contributed by atoms with Gasteiger partial charge < -0.3 is 10.1 Å². The number of rotatable bonds is 5. The molecule has 0 aliphatic carbocycles. The predicted octanol–water partition coefficient (Wildman–Crippen LogP) is 0.403. The van der Waals surface area contributed by atoms with Crippen molar-refractivity contribution in [2.24, 2.45) is 0 Å². The molecule has 0 radical (unpaired) electrons.